The minimum absolute atomic E-state index is 0.0109. The molecule has 6 nitrogen and oxygen atoms in total. The van der Waals surface area contributed by atoms with E-state index >= 15 is 0 Å². The molecule has 0 aliphatic heterocycles. The van der Waals surface area contributed by atoms with Gasteiger partial charge in [-0.1, -0.05) is 145 Å². The zero-order valence-corrected chi connectivity index (χ0v) is 25.1. The second-order valence-electron chi connectivity index (χ2n) is 10.9. The molecule has 0 saturated heterocycles. The molecule has 0 saturated carbocycles. The van der Waals surface area contributed by atoms with Gasteiger partial charge in [-0.15, -0.1) is 0 Å². The highest BCUT2D eigenvalue weighted by molar-refractivity contribution is 5.85. The average molecular weight is 566 g/mol. The largest absolute Gasteiger partial charge is 0.461 e. The number of hydrogen-bond donors (Lipinski definition) is 1. The van der Waals surface area contributed by atoms with Gasteiger partial charge in [0.1, 0.15) is 19.3 Å². The third kappa shape index (κ3) is 17.3. The lowest BCUT2D eigenvalue weighted by molar-refractivity contribution is -0.150. The zero-order chi connectivity index (χ0) is 29.4. The maximum atomic E-state index is 12.8. The molecule has 1 atom stereocenters. The van der Waals surface area contributed by atoms with Gasteiger partial charge in [-0.3, -0.25) is 9.59 Å². The average Bonchev–Trinajstić information content (AvgIpc) is 3.00. The van der Waals surface area contributed by atoms with E-state index in [1.54, 1.807) is 0 Å². The molecule has 1 amide bonds. The molecule has 6 heteroatoms. The van der Waals surface area contributed by atoms with Crippen LogP contribution in [0.2, 0.25) is 0 Å². The van der Waals surface area contributed by atoms with Gasteiger partial charge < -0.3 is 14.8 Å². The molecule has 2 rings (SSSR count). The first kappa shape index (κ1) is 34.1. The highest BCUT2D eigenvalue weighted by Crippen LogP contribution is 2.13. The van der Waals surface area contributed by atoms with Crippen molar-refractivity contribution < 1.29 is 23.9 Å². The summed E-state index contributed by atoms with van der Waals surface area (Å²) in [7, 11) is 0. The van der Waals surface area contributed by atoms with Crippen LogP contribution in [-0.2, 0) is 37.1 Å². The number of carbonyl (C=O) groups is 3. The SMILES string of the molecule is CCCCCCCCCCCCCCCC(=O)N[C@H](CCC(=O)OCc1ccccc1)C(=O)OCc1ccccc1. The van der Waals surface area contributed by atoms with Crippen LogP contribution in [-0.4, -0.2) is 23.9 Å². The van der Waals surface area contributed by atoms with E-state index in [4.69, 9.17) is 9.47 Å². The summed E-state index contributed by atoms with van der Waals surface area (Å²) in [6, 6.07) is 17.9. The molecule has 0 radical (unpaired) electrons. The summed E-state index contributed by atoms with van der Waals surface area (Å²) in [6.07, 6.45) is 16.6. The van der Waals surface area contributed by atoms with Crippen LogP contribution in [0.15, 0.2) is 60.7 Å². The Morgan fingerprint density at radius 1 is 0.610 bits per heavy atom. The molecule has 2 aromatic carbocycles. The summed E-state index contributed by atoms with van der Waals surface area (Å²) >= 11 is 0. The number of carbonyl (C=O) groups excluding carboxylic acids is 3. The molecule has 0 aliphatic carbocycles. The van der Waals surface area contributed by atoms with E-state index in [1.807, 2.05) is 60.7 Å². The lowest BCUT2D eigenvalue weighted by Crippen LogP contribution is -2.42. The van der Waals surface area contributed by atoms with E-state index in [2.05, 4.69) is 12.2 Å². The summed E-state index contributed by atoms with van der Waals surface area (Å²) in [4.78, 5) is 37.8. The van der Waals surface area contributed by atoms with Gasteiger partial charge >= 0.3 is 11.9 Å². The smallest absolute Gasteiger partial charge is 0.328 e. The molecule has 0 bridgehead atoms. The fourth-order valence-electron chi connectivity index (χ4n) is 4.72. The number of esters is 2. The predicted molar refractivity (Wildman–Crippen MR) is 164 cm³/mol. The van der Waals surface area contributed by atoms with E-state index < -0.39 is 18.0 Å². The van der Waals surface area contributed by atoms with Gasteiger partial charge in [-0.25, -0.2) is 4.79 Å². The first-order valence-corrected chi connectivity index (χ1v) is 15.8. The van der Waals surface area contributed by atoms with Crippen LogP contribution in [0.4, 0.5) is 0 Å². The number of unbranched alkanes of at least 4 members (excludes halogenated alkanes) is 12. The zero-order valence-electron chi connectivity index (χ0n) is 25.1. The maximum Gasteiger partial charge on any atom is 0.328 e. The van der Waals surface area contributed by atoms with Crippen LogP contribution < -0.4 is 5.32 Å². The number of amides is 1. The van der Waals surface area contributed by atoms with Crippen LogP contribution in [0, 0.1) is 0 Å². The molecule has 0 heterocycles. The standard InChI is InChI=1S/C35H51NO5/c1-2-3-4-5-6-7-8-9-10-11-12-13-20-25-33(37)36-32(35(39)41-29-31-23-18-15-19-24-31)26-27-34(38)40-28-30-21-16-14-17-22-30/h14-19,21-24,32H,2-13,20,25-29H2,1H3,(H,36,37)/t32-/m1/s1. The van der Waals surface area contributed by atoms with Crippen molar-refractivity contribution in [2.24, 2.45) is 0 Å². The monoisotopic (exact) mass is 565 g/mol. The van der Waals surface area contributed by atoms with E-state index in [0.717, 1.165) is 30.4 Å². The van der Waals surface area contributed by atoms with Crippen LogP contribution in [0.1, 0.15) is 121 Å². The van der Waals surface area contributed by atoms with E-state index in [1.165, 1.54) is 64.2 Å². The van der Waals surface area contributed by atoms with Crippen molar-refractivity contribution in [1.82, 2.24) is 5.32 Å². The molecule has 226 valence electrons. The van der Waals surface area contributed by atoms with E-state index in [0.29, 0.717) is 6.42 Å². The lowest BCUT2D eigenvalue weighted by atomic mass is 10.0. The highest BCUT2D eigenvalue weighted by atomic mass is 16.5. The number of rotatable bonds is 23. The Morgan fingerprint density at radius 3 is 1.59 bits per heavy atom. The molecule has 0 spiro atoms. The number of ether oxygens (including phenoxy) is 2. The first-order chi connectivity index (χ1) is 20.1. The van der Waals surface area contributed by atoms with E-state index in [9.17, 15) is 14.4 Å². The molecular weight excluding hydrogens is 514 g/mol. The molecule has 1 N–H and O–H groups in total. The van der Waals surface area contributed by atoms with Crippen molar-refractivity contribution in [3.8, 4) is 0 Å². The third-order valence-electron chi connectivity index (χ3n) is 7.23. The Bertz CT molecular complexity index is 963. The molecular formula is C35H51NO5. The summed E-state index contributed by atoms with van der Waals surface area (Å²) in [5.74, 6) is -1.14. The van der Waals surface area contributed by atoms with Crippen molar-refractivity contribution in [2.45, 2.75) is 129 Å². The van der Waals surface area contributed by atoms with Crippen molar-refractivity contribution in [2.75, 3.05) is 0 Å². The van der Waals surface area contributed by atoms with Gasteiger partial charge in [0.2, 0.25) is 5.91 Å². The summed E-state index contributed by atoms with van der Waals surface area (Å²) in [5.41, 5.74) is 1.76. The van der Waals surface area contributed by atoms with E-state index in [-0.39, 0.29) is 32.0 Å². The van der Waals surface area contributed by atoms with Crippen molar-refractivity contribution >= 4 is 17.8 Å². The quantitative estimate of drug-likeness (QED) is 0.108. The molecule has 41 heavy (non-hydrogen) atoms. The van der Waals surface area contributed by atoms with Gasteiger partial charge in [-0.05, 0) is 24.0 Å². The fourth-order valence-corrected chi connectivity index (χ4v) is 4.72. The Labute approximate surface area is 247 Å². The second-order valence-corrected chi connectivity index (χ2v) is 10.9. The van der Waals surface area contributed by atoms with Gasteiger partial charge in [-0.2, -0.15) is 0 Å². The minimum atomic E-state index is -0.891. The Morgan fingerprint density at radius 2 is 1.07 bits per heavy atom. The maximum absolute atomic E-state index is 12.8. The normalized spacial score (nSPS) is 11.5. The van der Waals surface area contributed by atoms with Crippen molar-refractivity contribution in [1.29, 1.82) is 0 Å². The van der Waals surface area contributed by atoms with Gasteiger partial charge in [0, 0.05) is 12.8 Å². The molecule has 0 unspecified atom stereocenters. The Kier molecular flexibility index (Phi) is 18.7. The molecule has 0 fully saturated rings. The lowest BCUT2D eigenvalue weighted by Gasteiger charge is -2.18. The molecule has 2 aromatic rings. The number of hydrogen-bond acceptors (Lipinski definition) is 5. The van der Waals surface area contributed by atoms with Gasteiger partial charge in [0.15, 0.2) is 0 Å². The van der Waals surface area contributed by atoms with Crippen molar-refractivity contribution in [3.05, 3.63) is 71.8 Å². The fraction of sp³-hybridized carbons (Fsp3) is 0.571. The minimum Gasteiger partial charge on any atom is -0.461 e. The summed E-state index contributed by atoms with van der Waals surface area (Å²) < 4.78 is 10.8. The molecule has 0 aliphatic rings. The Hall–Kier alpha value is -3.15. The van der Waals surface area contributed by atoms with Crippen LogP contribution >= 0.6 is 0 Å². The van der Waals surface area contributed by atoms with Crippen LogP contribution in [0.5, 0.6) is 0 Å². The first-order valence-electron chi connectivity index (χ1n) is 15.8. The topological polar surface area (TPSA) is 81.7 Å². The Balaban J connectivity index is 1.66. The predicted octanol–water partition coefficient (Wildman–Crippen LogP) is 8.22. The summed E-state index contributed by atoms with van der Waals surface area (Å²) in [6.45, 7) is 2.54. The van der Waals surface area contributed by atoms with Crippen LogP contribution in [0.25, 0.3) is 0 Å². The highest BCUT2D eigenvalue weighted by Gasteiger charge is 2.23. The van der Waals surface area contributed by atoms with Crippen molar-refractivity contribution in [3.63, 3.8) is 0 Å². The van der Waals surface area contributed by atoms with Gasteiger partial charge in [0.25, 0.3) is 0 Å². The molecule has 0 aromatic heterocycles. The number of nitrogens with one attached hydrogen (secondary N) is 1. The number of benzene rings is 2. The second kappa shape index (κ2) is 22.5. The summed E-state index contributed by atoms with van der Waals surface area (Å²) in [5, 5.41) is 2.80. The third-order valence-corrected chi connectivity index (χ3v) is 7.23. The van der Waals surface area contributed by atoms with Gasteiger partial charge in [0.05, 0.1) is 0 Å². The van der Waals surface area contributed by atoms with Crippen LogP contribution in [0.3, 0.4) is 0 Å².